The molecule has 0 atom stereocenters. The van der Waals surface area contributed by atoms with Crippen LogP contribution in [0.4, 0.5) is 0 Å². The van der Waals surface area contributed by atoms with E-state index in [1.807, 2.05) is 0 Å². The predicted octanol–water partition coefficient (Wildman–Crippen LogP) is -0.853. The van der Waals surface area contributed by atoms with Gasteiger partial charge in [-0.2, -0.15) is 0 Å². The van der Waals surface area contributed by atoms with Gasteiger partial charge in [-0.05, 0) is 11.8 Å². The topological polar surface area (TPSA) is 54.4 Å². The van der Waals surface area contributed by atoms with Gasteiger partial charge in [-0.3, -0.25) is 9.59 Å². The molecule has 0 bridgehead atoms. The molecule has 0 unspecified atom stereocenters. The second-order valence-corrected chi connectivity index (χ2v) is 2.15. The Morgan fingerprint density at radius 1 is 1.43 bits per heavy atom. The van der Waals surface area contributed by atoms with Crippen LogP contribution < -0.4 is 0 Å². The van der Waals surface area contributed by atoms with Gasteiger partial charge in [0.15, 0.2) is 6.10 Å². The Morgan fingerprint density at radius 2 is 1.86 bits per heavy atom. The van der Waals surface area contributed by atoms with Gasteiger partial charge in [0.1, 0.15) is 0 Å². The van der Waals surface area contributed by atoms with Crippen molar-refractivity contribution in [2.75, 3.05) is 0 Å². The first-order chi connectivity index (χ1) is 3.22. The second-order valence-electron chi connectivity index (χ2n) is 1.14. The molecule has 0 saturated carbocycles. The second kappa shape index (κ2) is 1.31. The Kier molecular flexibility index (Phi) is 0.900. The van der Waals surface area contributed by atoms with Crippen LogP contribution in [0.3, 0.4) is 0 Å². The molecule has 38 valence electrons. The van der Waals surface area contributed by atoms with Gasteiger partial charge in [-0.15, -0.1) is 0 Å². The summed E-state index contributed by atoms with van der Waals surface area (Å²) in [7, 11) is 0. The lowest BCUT2D eigenvalue weighted by Gasteiger charge is -2.13. The Hall–Kier alpha value is -0.350. The van der Waals surface area contributed by atoms with Crippen LogP contribution in [0, 0.1) is 0 Å². The maximum Gasteiger partial charge on any atom is 0.233 e. The van der Waals surface area contributed by atoms with Crippen LogP contribution in [0.25, 0.3) is 0 Å². The summed E-state index contributed by atoms with van der Waals surface area (Å²) in [5.74, 6) is 0. The average molecular weight is 118 g/mol. The van der Waals surface area contributed by atoms with Gasteiger partial charge in [0, 0.05) is 0 Å². The van der Waals surface area contributed by atoms with Crippen molar-refractivity contribution in [3.8, 4) is 0 Å². The maximum atomic E-state index is 9.93. The number of rotatable bonds is 0. The SMILES string of the molecule is O=C1SC(=O)C1O. The highest BCUT2D eigenvalue weighted by Gasteiger charge is 2.37. The molecule has 1 saturated heterocycles. The summed E-state index contributed by atoms with van der Waals surface area (Å²) < 4.78 is 0. The Morgan fingerprint density at radius 3 is 1.86 bits per heavy atom. The van der Waals surface area contributed by atoms with E-state index in [0.717, 1.165) is 0 Å². The third-order valence-corrected chi connectivity index (χ3v) is 1.50. The average Bonchev–Trinajstić information content (AvgIpc) is 1.68. The lowest BCUT2D eigenvalue weighted by molar-refractivity contribution is -0.132. The minimum absolute atomic E-state index is 0.440. The van der Waals surface area contributed by atoms with Crippen molar-refractivity contribution in [2.45, 2.75) is 6.10 Å². The molecular formula is C3H2O3S. The van der Waals surface area contributed by atoms with Gasteiger partial charge < -0.3 is 5.11 Å². The molecule has 0 aromatic rings. The monoisotopic (exact) mass is 118 g/mol. The van der Waals surface area contributed by atoms with Gasteiger partial charge in [-0.1, -0.05) is 0 Å². The smallest absolute Gasteiger partial charge is 0.233 e. The molecule has 3 nitrogen and oxygen atoms in total. The van der Waals surface area contributed by atoms with E-state index in [0.29, 0.717) is 11.8 Å². The highest BCUT2D eigenvalue weighted by Crippen LogP contribution is 2.21. The van der Waals surface area contributed by atoms with E-state index in [9.17, 15) is 9.59 Å². The van der Waals surface area contributed by atoms with Crippen LogP contribution in [0.2, 0.25) is 0 Å². The molecule has 0 aromatic carbocycles. The summed E-state index contributed by atoms with van der Waals surface area (Å²) in [5, 5.41) is 7.39. The first kappa shape index (κ1) is 4.80. The van der Waals surface area contributed by atoms with Crippen molar-refractivity contribution in [1.82, 2.24) is 0 Å². The summed E-state index contributed by atoms with van der Waals surface area (Å²) in [6, 6.07) is 0. The summed E-state index contributed by atoms with van der Waals surface area (Å²) in [4.78, 5) is 19.9. The summed E-state index contributed by atoms with van der Waals surface area (Å²) in [6.07, 6.45) is -1.31. The fourth-order valence-corrected chi connectivity index (χ4v) is 0.699. The highest BCUT2D eigenvalue weighted by molar-refractivity contribution is 8.29. The summed E-state index contributed by atoms with van der Waals surface area (Å²) in [5.41, 5.74) is 0. The molecule has 4 heteroatoms. The number of carbonyl (C=O) groups is 2. The molecule has 1 fully saturated rings. The zero-order chi connectivity index (χ0) is 5.44. The van der Waals surface area contributed by atoms with Crippen molar-refractivity contribution in [1.29, 1.82) is 0 Å². The molecule has 1 N–H and O–H groups in total. The van der Waals surface area contributed by atoms with E-state index in [4.69, 9.17) is 5.11 Å². The molecule has 0 amide bonds. The number of hydrogen-bond donors (Lipinski definition) is 1. The van der Waals surface area contributed by atoms with E-state index in [1.54, 1.807) is 0 Å². The molecule has 7 heavy (non-hydrogen) atoms. The number of aliphatic hydroxyl groups excluding tert-OH is 1. The minimum Gasteiger partial charge on any atom is -0.376 e. The normalized spacial score (nSPS) is 22.4. The first-order valence-corrected chi connectivity index (χ1v) is 2.47. The van der Waals surface area contributed by atoms with Crippen molar-refractivity contribution in [2.24, 2.45) is 0 Å². The molecule has 0 aromatic heterocycles. The maximum absolute atomic E-state index is 9.93. The fraction of sp³-hybridized carbons (Fsp3) is 0.333. The quantitative estimate of drug-likeness (QED) is 0.421. The Bertz CT molecular complexity index is 116. The summed E-state index contributed by atoms with van der Waals surface area (Å²) in [6.45, 7) is 0. The molecular weight excluding hydrogens is 116 g/mol. The van der Waals surface area contributed by atoms with Crippen LogP contribution >= 0.6 is 11.8 Å². The zero-order valence-corrected chi connectivity index (χ0v) is 4.07. The first-order valence-electron chi connectivity index (χ1n) is 1.65. The number of thioether (sulfide) groups is 1. The number of aliphatic hydroxyl groups is 1. The van der Waals surface area contributed by atoms with E-state index in [-0.39, 0.29) is 0 Å². The molecule has 0 radical (unpaired) electrons. The minimum atomic E-state index is -1.31. The van der Waals surface area contributed by atoms with Crippen molar-refractivity contribution >= 4 is 22.0 Å². The van der Waals surface area contributed by atoms with E-state index in [2.05, 4.69) is 0 Å². The van der Waals surface area contributed by atoms with Crippen LogP contribution in [0.15, 0.2) is 0 Å². The van der Waals surface area contributed by atoms with Gasteiger partial charge in [0.2, 0.25) is 10.2 Å². The van der Waals surface area contributed by atoms with Gasteiger partial charge in [0.05, 0.1) is 0 Å². The van der Waals surface area contributed by atoms with Crippen molar-refractivity contribution in [3.05, 3.63) is 0 Å². The third kappa shape index (κ3) is 0.555. The van der Waals surface area contributed by atoms with E-state index in [1.165, 1.54) is 0 Å². The zero-order valence-electron chi connectivity index (χ0n) is 3.25. The number of carbonyl (C=O) groups excluding carboxylic acids is 2. The van der Waals surface area contributed by atoms with Gasteiger partial charge >= 0.3 is 0 Å². The van der Waals surface area contributed by atoms with E-state index >= 15 is 0 Å². The van der Waals surface area contributed by atoms with Gasteiger partial charge in [0.25, 0.3) is 0 Å². The fourth-order valence-electron chi connectivity index (χ4n) is 0.249. The lowest BCUT2D eigenvalue weighted by atomic mass is 10.4. The molecule has 1 aliphatic heterocycles. The van der Waals surface area contributed by atoms with Crippen LogP contribution in [0.1, 0.15) is 0 Å². The number of hydrogen-bond acceptors (Lipinski definition) is 4. The predicted molar refractivity (Wildman–Crippen MR) is 23.6 cm³/mol. The van der Waals surface area contributed by atoms with Crippen LogP contribution in [-0.2, 0) is 9.59 Å². The largest absolute Gasteiger partial charge is 0.376 e. The lowest BCUT2D eigenvalue weighted by Crippen LogP contribution is -2.36. The van der Waals surface area contributed by atoms with Crippen molar-refractivity contribution in [3.63, 3.8) is 0 Å². The summed E-state index contributed by atoms with van der Waals surface area (Å²) >= 11 is 0.564. The van der Waals surface area contributed by atoms with Crippen molar-refractivity contribution < 1.29 is 14.7 Å². The highest BCUT2D eigenvalue weighted by atomic mass is 32.2. The molecule has 0 spiro atoms. The molecule has 0 aliphatic carbocycles. The standard InChI is InChI=1S/C3H2O3S/c4-1-2(5)7-3(1)6/h1,4H. The Balaban J connectivity index is 2.59. The van der Waals surface area contributed by atoms with Crippen LogP contribution in [-0.4, -0.2) is 21.4 Å². The molecule has 1 rings (SSSR count). The third-order valence-electron chi connectivity index (χ3n) is 0.648. The van der Waals surface area contributed by atoms with Crippen LogP contribution in [0.5, 0.6) is 0 Å². The molecule has 1 heterocycles. The van der Waals surface area contributed by atoms with E-state index < -0.39 is 16.3 Å². The van der Waals surface area contributed by atoms with Gasteiger partial charge in [-0.25, -0.2) is 0 Å². The Labute approximate surface area is 43.7 Å². The molecule has 1 aliphatic rings.